The van der Waals surface area contributed by atoms with Gasteiger partial charge in [0.15, 0.2) is 0 Å². The van der Waals surface area contributed by atoms with Gasteiger partial charge in [-0.1, -0.05) is 25.8 Å². The first-order valence-corrected chi connectivity index (χ1v) is 6.35. The lowest BCUT2D eigenvalue weighted by Crippen LogP contribution is -2.44. The molecule has 86 valence electrons. The van der Waals surface area contributed by atoms with E-state index in [0.29, 0.717) is 0 Å². The van der Waals surface area contributed by atoms with Crippen molar-refractivity contribution in [2.45, 2.75) is 44.6 Å². The quantitative estimate of drug-likeness (QED) is 0.778. The van der Waals surface area contributed by atoms with Gasteiger partial charge in [-0.25, -0.2) is 0 Å². The van der Waals surface area contributed by atoms with E-state index in [-0.39, 0.29) is 5.54 Å². The number of hydrogen-bond acceptors (Lipinski definition) is 2. The van der Waals surface area contributed by atoms with Gasteiger partial charge in [0.1, 0.15) is 12.4 Å². The lowest BCUT2D eigenvalue weighted by Gasteiger charge is -2.36. The van der Waals surface area contributed by atoms with E-state index in [0.717, 1.165) is 18.8 Å². The highest BCUT2D eigenvalue weighted by molar-refractivity contribution is 5.61. The van der Waals surface area contributed by atoms with Crippen molar-refractivity contribution in [2.24, 2.45) is 0 Å². The Morgan fingerprint density at radius 2 is 2.12 bits per heavy atom. The van der Waals surface area contributed by atoms with Gasteiger partial charge in [0.05, 0.1) is 11.2 Å². The van der Waals surface area contributed by atoms with Gasteiger partial charge in [0.2, 0.25) is 0 Å². The topological polar surface area (TPSA) is 21.3 Å². The van der Waals surface area contributed by atoms with Crippen LogP contribution in [0.15, 0.2) is 18.2 Å². The number of ether oxygens (including phenoxy) is 1. The van der Waals surface area contributed by atoms with E-state index in [1.165, 1.54) is 36.9 Å². The van der Waals surface area contributed by atoms with Crippen LogP contribution in [0.4, 0.5) is 5.69 Å². The summed E-state index contributed by atoms with van der Waals surface area (Å²) in [7, 11) is 0. The Kier molecular flexibility index (Phi) is 2.31. The van der Waals surface area contributed by atoms with Crippen molar-refractivity contribution in [3.63, 3.8) is 0 Å². The molecule has 1 aromatic rings. The van der Waals surface area contributed by atoms with Crippen LogP contribution in [0.1, 0.15) is 38.2 Å². The lowest BCUT2D eigenvalue weighted by atomic mass is 9.96. The first-order valence-electron chi connectivity index (χ1n) is 6.35. The minimum absolute atomic E-state index is 0.235. The van der Waals surface area contributed by atoms with Crippen LogP contribution in [0.25, 0.3) is 0 Å². The zero-order valence-electron chi connectivity index (χ0n) is 9.88. The Bertz CT molecular complexity index is 394. The molecule has 0 saturated heterocycles. The monoisotopic (exact) mass is 217 g/mol. The third kappa shape index (κ3) is 1.57. The molecule has 2 aliphatic rings. The van der Waals surface area contributed by atoms with Gasteiger partial charge in [-0.3, -0.25) is 0 Å². The first-order chi connectivity index (χ1) is 7.81. The zero-order chi connectivity index (χ0) is 11.0. The van der Waals surface area contributed by atoms with Crippen LogP contribution in [0.5, 0.6) is 5.75 Å². The van der Waals surface area contributed by atoms with E-state index in [1.54, 1.807) is 0 Å². The van der Waals surface area contributed by atoms with E-state index < -0.39 is 0 Å². The number of anilines is 1. The summed E-state index contributed by atoms with van der Waals surface area (Å²) in [5, 5.41) is 3.72. The van der Waals surface area contributed by atoms with E-state index >= 15 is 0 Å². The Morgan fingerprint density at radius 3 is 2.88 bits per heavy atom. The highest BCUT2D eigenvalue weighted by Crippen LogP contribution is 2.40. The molecule has 1 heterocycles. The number of nitrogens with one attached hydrogen (secondary N) is 1. The fourth-order valence-corrected chi connectivity index (χ4v) is 2.88. The summed E-state index contributed by atoms with van der Waals surface area (Å²) < 4.78 is 5.90. The van der Waals surface area contributed by atoms with Crippen LogP contribution in [0.2, 0.25) is 0 Å². The van der Waals surface area contributed by atoms with Gasteiger partial charge in [-0.2, -0.15) is 0 Å². The van der Waals surface area contributed by atoms with Gasteiger partial charge in [0, 0.05) is 0 Å². The molecule has 1 saturated carbocycles. The average Bonchev–Trinajstić information content (AvgIpc) is 2.76. The molecule has 2 heteroatoms. The maximum Gasteiger partial charge on any atom is 0.142 e. The van der Waals surface area contributed by atoms with Gasteiger partial charge < -0.3 is 10.1 Å². The van der Waals surface area contributed by atoms with Crippen LogP contribution in [0, 0.1) is 0 Å². The number of fused-ring (bicyclic) bond motifs is 1. The largest absolute Gasteiger partial charge is 0.489 e. The Labute approximate surface area is 97.0 Å². The number of aryl methyl sites for hydroxylation is 1. The minimum atomic E-state index is 0.235. The summed E-state index contributed by atoms with van der Waals surface area (Å²) in [6.45, 7) is 3.03. The summed E-state index contributed by atoms with van der Waals surface area (Å²) in [4.78, 5) is 0. The Balaban J connectivity index is 1.91. The molecule has 0 atom stereocenters. The Morgan fingerprint density at radius 1 is 1.31 bits per heavy atom. The predicted octanol–water partition coefficient (Wildman–Crippen LogP) is 3.37. The van der Waals surface area contributed by atoms with Crippen LogP contribution in [-0.4, -0.2) is 12.1 Å². The third-order valence-electron chi connectivity index (χ3n) is 3.92. The third-order valence-corrected chi connectivity index (χ3v) is 3.92. The van der Waals surface area contributed by atoms with Crippen molar-refractivity contribution < 1.29 is 4.74 Å². The summed E-state index contributed by atoms with van der Waals surface area (Å²) in [5.74, 6) is 1.02. The maximum atomic E-state index is 5.90. The van der Waals surface area contributed by atoms with Crippen LogP contribution < -0.4 is 10.1 Å². The molecule has 0 bridgehead atoms. The second kappa shape index (κ2) is 3.69. The molecule has 16 heavy (non-hydrogen) atoms. The van der Waals surface area contributed by atoms with Crippen molar-refractivity contribution >= 4 is 5.69 Å². The number of benzene rings is 1. The first kappa shape index (κ1) is 10.0. The number of hydrogen-bond donors (Lipinski definition) is 1. The summed E-state index contributed by atoms with van der Waals surface area (Å²) in [6, 6.07) is 6.50. The van der Waals surface area contributed by atoms with Gasteiger partial charge in [-0.15, -0.1) is 0 Å². The maximum absolute atomic E-state index is 5.90. The molecular weight excluding hydrogens is 198 g/mol. The van der Waals surface area contributed by atoms with Gasteiger partial charge in [-0.05, 0) is 37.0 Å². The molecule has 1 spiro atoms. The number of rotatable bonds is 1. The molecule has 0 aromatic heterocycles. The molecule has 0 radical (unpaired) electrons. The summed E-state index contributed by atoms with van der Waals surface area (Å²) >= 11 is 0. The fourth-order valence-electron chi connectivity index (χ4n) is 2.88. The van der Waals surface area contributed by atoms with E-state index in [9.17, 15) is 0 Å². The van der Waals surface area contributed by atoms with Gasteiger partial charge >= 0.3 is 0 Å². The highest BCUT2D eigenvalue weighted by atomic mass is 16.5. The van der Waals surface area contributed by atoms with Crippen molar-refractivity contribution in [3.05, 3.63) is 23.8 Å². The fraction of sp³-hybridized carbons (Fsp3) is 0.571. The van der Waals surface area contributed by atoms with E-state index in [2.05, 4.69) is 30.4 Å². The second-order valence-electron chi connectivity index (χ2n) is 5.09. The second-order valence-corrected chi connectivity index (χ2v) is 5.09. The SMILES string of the molecule is CCc1ccc2c(c1)NC1(CCCC1)CO2. The molecule has 0 amide bonds. The smallest absolute Gasteiger partial charge is 0.142 e. The highest BCUT2D eigenvalue weighted by Gasteiger charge is 2.37. The zero-order valence-corrected chi connectivity index (χ0v) is 9.88. The molecule has 1 fully saturated rings. The molecule has 1 aromatic carbocycles. The molecule has 1 N–H and O–H groups in total. The summed E-state index contributed by atoms with van der Waals surface area (Å²) in [5.41, 5.74) is 2.82. The Hall–Kier alpha value is -1.18. The standard InChI is InChI=1S/C14H19NO/c1-2-11-5-6-13-12(9-11)15-14(10-16-13)7-3-4-8-14/h5-6,9,15H,2-4,7-8,10H2,1H3. The lowest BCUT2D eigenvalue weighted by molar-refractivity contribution is 0.221. The average molecular weight is 217 g/mol. The van der Waals surface area contributed by atoms with Crippen LogP contribution in [0.3, 0.4) is 0 Å². The normalized spacial score (nSPS) is 21.3. The summed E-state index contributed by atoms with van der Waals surface area (Å²) in [6.07, 6.45) is 6.26. The van der Waals surface area contributed by atoms with Crippen molar-refractivity contribution in [1.29, 1.82) is 0 Å². The minimum Gasteiger partial charge on any atom is -0.489 e. The molecular formula is C14H19NO. The van der Waals surface area contributed by atoms with Gasteiger partial charge in [0.25, 0.3) is 0 Å². The molecule has 3 rings (SSSR count). The van der Waals surface area contributed by atoms with Crippen LogP contribution in [-0.2, 0) is 6.42 Å². The van der Waals surface area contributed by atoms with Crippen molar-refractivity contribution in [2.75, 3.05) is 11.9 Å². The molecule has 1 aliphatic heterocycles. The predicted molar refractivity (Wildman–Crippen MR) is 66.1 cm³/mol. The molecule has 1 aliphatic carbocycles. The van der Waals surface area contributed by atoms with Crippen molar-refractivity contribution in [1.82, 2.24) is 0 Å². The molecule has 0 unspecified atom stereocenters. The van der Waals surface area contributed by atoms with E-state index in [4.69, 9.17) is 4.74 Å². The van der Waals surface area contributed by atoms with E-state index in [1.807, 2.05) is 0 Å². The van der Waals surface area contributed by atoms with Crippen LogP contribution >= 0.6 is 0 Å². The molecule has 2 nitrogen and oxygen atoms in total. The van der Waals surface area contributed by atoms with Crippen molar-refractivity contribution in [3.8, 4) is 5.75 Å².